The van der Waals surface area contributed by atoms with Crippen LogP contribution in [-0.4, -0.2) is 34.5 Å². The summed E-state index contributed by atoms with van der Waals surface area (Å²) in [7, 11) is 0. The highest BCUT2D eigenvalue weighted by molar-refractivity contribution is 6.30. The molecule has 6 heteroatoms. The summed E-state index contributed by atoms with van der Waals surface area (Å²) in [5.41, 5.74) is 1.28. The first-order valence-corrected chi connectivity index (χ1v) is 10.1. The third kappa shape index (κ3) is 7.42. The first-order chi connectivity index (χ1) is 14.2. The molecule has 2 rings (SSSR count). The van der Waals surface area contributed by atoms with E-state index in [1.165, 1.54) is 4.90 Å². The molecule has 0 aliphatic rings. The van der Waals surface area contributed by atoms with Gasteiger partial charge in [-0.1, -0.05) is 29.8 Å². The van der Waals surface area contributed by atoms with Crippen LogP contribution in [0.25, 0.3) is 0 Å². The van der Waals surface area contributed by atoms with E-state index in [1.807, 2.05) is 24.3 Å². The Kier molecular flexibility index (Phi) is 8.38. The van der Waals surface area contributed by atoms with Crippen LogP contribution in [0.4, 0.5) is 0 Å². The second kappa shape index (κ2) is 11.5. The topological polar surface area (TPSA) is 66.8 Å². The third-order valence-corrected chi connectivity index (χ3v) is 4.72. The second-order valence-corrected chi connectivity index (χ2v) is 7.44. The van der Waals surface area contributed by atoms with Crippen LogP contribution in [0.1, 0.15) is 56.8 Å². The van der Waals surface area contributed by atoms with E-state index in [-0.39, 0.29) is 18.9 Å². The minimum absolute atomic E-state index is 0.164. The van der Waals surface area contributed by atoms with Gasteiger partial charge in [-0.15, -0.1) is 0 Å². The number of unbranched alkanes of at least 4 members (excludes halogenated alkanes) is 2. The van der Waals surface area contributed by atoms with Crippen LogP contribution < -0.4 is 4.74 Å². The summed E-state index contributed by atoms with van der Waals surface area (Å²) in [5.74, 6) is -0.381. The maximum absolute atomic E-state index is 13.1. The highest BCUT2D eigenvalue weighted by Gasteiger charge is 2.20. The number of hydrogen-bond acceptors (Lipinski definition) is 3. The molecule has 29 heavy (non-hydrogen) atoms. The summed E-state index contributed by atoms with van der Waals surface area (Å²) in [6.07, 6.45) is 2.31. The molecule has 0 aromatic heterocycles. The van der Waals surface area contributed by atoms with Gasteiger partial charge in [0.15, 0.2) is 0 Å². The van der Waals surface area contributed by atoms with Gasteiger partial charge in [-0.3, -0.25) is 9.59 Å². The van der Waals surface area contributed by atoms with E-state index in [0.717, 1.165) is 18.4 Å². The van der Waals surface area contributed by atoms with Crippen molar-refractivity contribution < 1.29 is 20.8 Å². The van der Waals surface area contributed by atoms with Crippen LogP contribution in [0.2, 0.25) is 5.02 Å². The van der Waals surface area contributed by atoms with Crippen molar-refractivity contribution in [1.82, 2.24) is 4.90 Å². The third-order valence-electron chi connectivity index (χ3n) is 4.47. The zero-order chi connectivity index (χ0) is 22.1. The van der Waals surface area contributed by atoms with Crippen molar-refractivity contribution in [3.8, 4) is 5.75 Å². The van der Waals surface area contributed by atoms with Crippen LogP contribution in [0.3, 0.4) is 0 Å². The van der Waals surface area contributed by atoms with Gasteiger partial charge in [0.05, 0.1) is 7.98 Å². The molecule has 0 spiro atoms. The van der Waals surface area contributed by atoms with Crippen molar-refractivity contribution in [2.24, 2.45) is 0 Å². The molecule has 2 aromatic rings. The zero-order valence-electron chi connectivity index (χ0n) is 17.9. The number of amides is 1. The number of nitrogens with zero attached hydrogens (tertiary/aromatic N) is 1. The molecule has 2 aromatic carbocycles. The van der Waals surface area contributed by atoms with Crippen molar-refractivity contribution in [1.29, 1.82) is 0 Å². The van der Waals surface area contributed by atoms with Gasteiger partial charge >= 0.3 is 5.97 Å². The molecule has 0 saturated heterocycles. The fourth-order valence-electron chi connectivity index (χ4n) is 2.86. The van der Waals surface area contributed by atoms with Gasteiger partial charge in [0, 0.05) is 35.1 Å². The van der Waals surface area contributed by atoms with Crippen LogP contribution >= 0.6 is 11.6 Å². The number of hydrogen-bond donors (Lipinski definition) is 1. The van der Waals surface area contributed by atoms with Gasteiger partial charge in [0.1, 0.15) is 5.75 Å². The lowest BCUT2D eigenvalue weighted by Crippen LogP contribution is -2.36. The van der Waals surface area contributed by atoms with Crippen LogP contribution in [-0.2, 0) is 11.3 Å². The second-order valence-electron chi connectivity index (χ2n) is 7.01. The Morgan fingerprint density at radius 3 is 2.45 bits per heavy atom. The van der Waals surface area contributed by atoms with Crippen LogP contribution in [0.5, 0.6) is 5.75 Å². The quantitative estimate of drug-likeness (QED) is 0.495. The largest absolute Gasteiger partial charge is 0.493 e. The molecule has 0 heterocycles. The molecule has 0 atom stereocenters. The number of halogens is 1. The monoisotopic (exact) mass is 418 g/mol. The molecular formula is C23H28ClNO4. The lowest BCUT2D eigenvalue weighted by molar-refractivity contribution is -0.137. The number of para-hydroxylation sites is 1. The molecule has 0 saturated carbocycles. The van der Waals surface area contributed by atoms with Crippen molar-refractivity contribution in [2.75, 3.05) is 6.61 Å². The average Bonchev–Trinajstić information content (AvgIpc) is 2.68. The molecule has 0 fully saturated rings. The van der Waals surface area contributed by atoms with Gasteiger partial charge < -0.3 is 14.7 Å². The predicted octanol–water partition coefficient (Wildman–Crippen LogP) is 5.41. The molecule has 1 amide bonds. The minimum Gasteiger partial charge on any atom is -0.493 e. The SMILES string of the molecule is [2H]C(C)(C)N(Cc1ccccc1OCCCCCC(=O)O)C(=O)c1ccc(Cl)cc1. The Balaban J connectivity index is 2.08. The molecule has 0 bridgehead atoms. The molecule has 0 unspecified atom stereocenters. The highest BCUT2D eigenvalue weighted by Crippen LogP contribution is 2.23. The molecule has 0 aliphatic heterocycles. The number of rotatable bonds is 11. The van der Waals surface area contributed by atoms with Gasteiger partial charge in [-0.05, 0) is 63.4 Å². The van der Waals surface area contributed by atoms with Gasteiger partial charge in [-0.2, -0.15) is 0 Å². The first kappa shape index (κ1) is 21.2. The van der Waals surface area contributed by atoms with Crippen molar-refractivity contribution in [2.45, 2.75) is 52.1 Å². The molecule has 0 radical (unpaired) electrons. The molecular weight excluding hydrogens is 390 g/mol. The van der Waals surface area contributed by atoms with Crippen molar-refractivity contribution >= 4 is 23.5 Å². The molecule has 5 nitrogen and oxygen atoms in total. The van der Waals surface area contributed by atoms with Gasteiger partial charge in [-0.25, -0.2) is 0 Å². The number of carbonyl (C=O) groups is 2. The van der Waals surface area contributed by atoms with E-state index in [4.69, 9.17) is 22.8 Å². The summed E-state index contributed by atoms with van der Waals surface area (Å²) < 4.78 is 14.4. The van der Waals surface area contributed by atoms with E-state index in [0.29, 0.717) is 29.4 Å². The molecule has 0 aliphatic carbocycles. The normalized spacial score (nSPS) is 11.6. The fourth-order valence-corrected chi connectivity index (χ4v) is 2.99. The maximum Gasteiger partial charge on any atom is 0.303 e. The number of benzene rings is 2. The summed E-state index contributed by atoms with van der Waals surface area (Å²) >= 11 is 5.92. The zero-order valence-corrected chi connectivity index (χ0v) is 17.6. The number of carboxylic acid groups (broad SMARTS) is 1. The van der Waals surface area contributed by atoms with Gasteiger partial charge in [0.25, 0.3) is 5.91 Å². The van der Waals surface area contributed by atoms with E-state index >= 15 is 0 Å². The Morgan fingerprint density at radius 2 is 1.79 bits per heavy atom. The summed E-state index contributed by atoms with van der Waals surface area (Å²) in [6.45, 7) is 4.04. The Labute approximate surface area is 178 Å². The number of carbonyl (C=O) groups excluding carboxylic acids is 1. The Bertz CT molecular complexity index is 849. The van der Waals surface area contributed by atoms with Crippen LogP contribution in [0, 0.1) is 0 Å². The lowest BCUT2D eigenvalue weighted by atomic mass is 10.1. The number of ether oxygens (including phenoxy) is 1. The Morgan fingerprint density at radius 1 is 1.10 bits per heavy atom. The minimum atomic E-state index is -1.14. The van der Waals surface area contributed by atoms with Gasteiger partial charge in [0.2, 0.25) is 0 Å². The van der Waals surface area contributed by atoms with E-state index in [1.54, 1.807) is 38.1 Å². The van der Waals surface area contributed by atoms with E-state index in [9.17, 15) is 9.59 Å². The van der Waals surface area contributed by atoms with E-state index in [2.05, 4.69) is 0 Å². The average molecular weight is 419 g/mol. The highest BCUT2D eigenvalue weighted by atomic mass is 35.5. The smallest absolute Gasteiger partial charge is 0.303 e. The number of aliphatic carboxylic acids is 1. The summed E-state index contributed by atoms with van der Waals surface area (Å²) in [5, 5.41) is 9.24. The lowest BCUT2D eigenvalue weighted by Gasteiger charge is -2.28. The first-order valence-electron chi connectivity index (χ1n) is 10.2. The fraction of sp³-hybridized carbons (Fsp3) is 0.391. The van der Waals surface area contributed by atoms with E-state index < -0.39 is 12.0 Å². The van der Waals surface area contributed by atoms with Crippen molar-refractivity contribution in [3.63, 3.8) is 0 Å². The van der Waals surface area contributed by atoms with Crippen molar-refractivity contribution in [3.05, 3.63) is 64.7 Å². The maximum atomic E-state index is 13.1. The number of carboxylic acids is 1. The van der Waals surface area contributed by atoms with Crippen LogP contribution in [0.15, 0.2) is 48.5 Å². The standard InChI is InChI=1S/C23H28ClNO4/c1-17(2)25(23(28)18-11-13-20(24)14-12-18)16-19-8-5-6-9-21(19)29-15-7-3-4-10-22(26)27/h5-6,8-9,11-14,17H,3-4,7,10,15-16H2,1-2H3,(H,26,27)/i17D. The Hall–Kier alpha value is -2.53. The molecule has 1 N–H and O–H groups in total. The summed E-state index contributed by atoms with van der Waals surface area (Å²) in [4.78, 5) is 25.1. The summed E-state index contributed by atoms with van der Waals surface area (Å²) in [6, 6.07) is 12.9. The predicted molar refractivity (Wildman–Crippen MR) is 115 cm³/mol. The molecule has 156 valence electrons.